The molecule has 2 aliphatic rings. The third kappa shape index (κ3) is 3.40. The second kappa shape index (κ2) is 7.99. The van der Waals surface area contributed by atoms with Gasteiger partial charge in [0.15, 0.2) is 0 Å². The van der Waals surface area contributed by atoms with Gasteiger partial charge in [-0.1, -0.05) is 0 Å². The van der Waals surface area contributed by atoms with E-state index in [1.807, 2.05) is 12.5 Å². The van der Waals surface area contributed by atoms with Crippen LogP contribution in [0.4, 0.5) is 0 Å². The number of nitrogens with zero attached hydrogens (tertiary/aromatic N) is 2. The van der Waals surface area contributed by atoms with Gasteiger partial charge in [-0.05, 0) is 0 Å². The molecular weight excluding hydrogens is 506 g/mol. The van der Waals surface area contributed by atoms with E-state index in [4.69, 9.17) is 0 Å². The van der Waals surface area contributed by atoms with Crippen molar-refractivity contribution in [1.82, 2.24) is 9.55 Å². The average molecular weight is 524 g/mol. The molecule has 122 valence electrons. The van der Waals surface area contributed by atoms with Gasteiger partial charge in [0.1, 0.15) is 0 Å². The zero-order chi connectivity index (χ0) is 15.1. The van der Waals surface area contributed by atoms with E-state index in [0.29, 0.717) is 3.67 Å². The van der Waals surface area contributed by atoms with E-state index in [1.54, 1.807) is 8.90 Å². The van der Waals surface area contributed by atoms with E-state index in [0.717, 1.165) is 0 Å². The van der Waals surface area contributed by atoms with Gasteiger partial charge in [-0.25, -0.2) is 0 Å². The molecule has 0 saturated carbocycles. The number of hydrogen-bond donors (Lipinski definition) is 0. The molecule has 4 rings (SSSR count). The molecule has 5 heteroatoms. The van der Waals surface area contributed by atoms with Gasteiger partial charge in [0, 0.05) is 0 Å². The van der Waals surface area contributed by atoms with Gasteiger partial charge in [0.2, 0.25) is 0 Å². The number of benzene rings is 1. The normalized spacial score (nSPS) is 18.2. The first-order chi connectivity index (χ1) is 10.7. The molecule has 1 heterocycles. The first kappa shape index (κ1) is 19.4. The third-order valence-corrected chi connectivity index (χ3v) is 11.2. The van der Waals surface area contributed by atoms with Crippen molar-refractivity contribution in [1.29, 1.82) is 0 Å². The van der Waals surface area contributed by atoms with Gasteiger partial charge >= 0.3 is 143 Å². The molecule has 0 fully saturated rings. The predicted molar refractivity (Wildman–Crippen MR) is 86.7 cm³/mol. The molecule has 1 atom stereocenters. The van der Waals surface area contributed by atoms with Crippen LogP contribution < -0.4 is 24.8 Å². The number of imidazole rings is 1. The number of aromatic nitrogens is 2. The Hall–Kier alpha value is -0.900. The van der Waals surface area contributed by atoms with Crippen LogP contribution in [0, 0.1) is 0 Å². The van der Waals surface area contributed by atoms with Crippen molar-refractivity contribution in [3.8, 4) is 0 Å². The van der Waals surface area contributed by atoms with Crippen LogP contribution in [-0.2, 0) is 22.9 Å². The van der Waals surface area contributed by atoms with Crippen molar-refractivity contribution in [2.45, 2.75) is 23.9 Å². The van der Waals surface area contributed by atoms with Gasteiger partial charge in [-0.15, -0.1) is 0 Å². The number of halogens is 2. The number of fused-ring (bicyclic) bond motifs is 1. The number of allylic oxidation sites excluding steroid dienone is 5. The molecule has 0 saturated heterocycles. The Morgan fingerprint density at radius 2 is 1.96 bits per heavy atom. The number of rotatable bonds is 3. The summed E-state index contributed by atoms with van der Waals surface area (Å²) in [6.45, 7) is 4.56. The molecule has 0 N–H and O–H groups in total. The Morgan fingerprint density at radius 3 is 2.62 bits per heavy atom. The molecule has 1 aromatic heterocycles. The summed E-state index contributed by atoms with van der Waals surface area (Å²) in [6, 6.07) is 8.88. The molecule has 2 aliphatic carbocycles. The zero-order valence-electron chi connectivity index (χ0n) is 13.6. The first-order valence-electron chi connectivity index (χ1n) is 7.66. The molecule has 1 aromatic carbocycles. The molecule has 0 radical (unpaired) electrons. The van der Waals surface area contributed by atoms with Crippen LogP contribution in [-0.4, -0.2) is 9.55 Å². The van der Waals surface area contributed by atoms with Crippen LogP contribution in [0.2, 0.25) is 0 Å². The van der Waals surface area contributed by atoms with Gasteiger partial charge in [-0.3, -0.25) is 0 Å². The SMILES string of the molecule is CC1=CC[C]([Hf+2][CH]2C(n3ccnc3)=Cc3ccccc32)=C1C.[Cl-].[Cl-]. The summed E-state index contributed by atoms with van der Waals surface area (Å²) in [4.78, 5) is 4.24. The van der Waals surface area contributed by atoms with Gasteiger partial charge in [-0.2, -0.15) is 0 Å². The van der Waals surface area contributed by atoms with Crippen LogP contribution in [0.3, 0.4) is 0 Å². The summed E-state index contributed by atoms with van der Waals surface area (Å²) in [7, 11) is 0. The topological polar surface area (TPSA) is 17.8 Å². The van der Waals surface area contributed by atoms with Crippen molar-refractivity contribution in [2.75, 3.05) is 0 Å². The molecule has 0 bridgehead atoms. The van der Waals surface area contributed by atoms with Crippen molar-refractivity contribution < 1.29 is 47.7 Å². The quantitative estimate of drug-likeness (QED) is 0.455. The Morgan fingerprint density at radius 1 is 1.17 bits per heavy atom. The van der Waals surface area contributed by atoms with Crippen LogP contribution in [0.15, 0.2) is 63.5 Å². The molecule has 0 spiro atoms. The fraction of sp³-hybridized carbons (Fsp3) is 0.211. The zero-order valence-corrected chi connectivity index (χ0v) is 18.7. The van der Waals surface area contributed by atoms with Crippen LogP contribution in [0.5, 0.6) is 0 Å². The second-order valence-electron chi connectivity index (χ2n) is 5.94. The largest absolute Gasteiger partial charge is 1.00 e. The van der Waals surface area contributed by atoms with Gasteiger partial charge < -0.3 is 24.8 Å². The minimum atomic E-state index is -0.975. The summed E-state index contributed by atoms with van der Waals surface area (Å²) >= 11 is -0.975. The average Bonchev–Trinajstić information content (AvgIpc) is 3.23. The fourth-order valence-corrected chi connectivity index (χ4v) is 9.63. The second-order valence-corrected chi connectivity index (χ2v) is 11.2. The molecule has 2 nitrogen and oxygen atoms in total. The fourth-order valence-electron chi connectivity index (χ4n) is 3.24. The summed E-state index contributed by atoms with van der Waals surface area (Å²) in [5.74, 6) is 0. The molecule has 2 aromatic rings. The predicted octanol–water partition coefficient (Wildman–Crippen LogP) is -1.35. The third-order valence-electron chi connectivity index (χ3n) is 4.68. The molecule has 1 unspecified atom stereocenters. The van der Waals surface area contributed by atoms with Crippen LogP contribution in [0.25, 0.3) is 11.8 Å². The van der Waals surface area contributed by atoms with Gasteiger partial charge in [0.25, 0.3) is 0 Å². The molecule has 0 aliphatic heterocycles. The monoisotopic (exact) mass is 524 g/mol. The van der Waals surface area contributed by atoms with Crippen molar-refractivity contribution in [3.63, 3.8) is 0 Å². The first-order valence-corrected chi connectivity index (χ1v) is 11.5. The minimum absolute atomic E-state index is 0. The van der Waals surface area contributed by atoms with Gasteiger partial charge in [0.05, 0.1) is 0 Å². The molecule has 24 heavy (non-hydrogen) atoms. The maximum atomic E-state index is 4.24. The maximum absolute atomic E-state index is 4.24. The van der Waals surface area contributed by atoms with E-state index < -0.39 is 22.9 Å². The summed E-state index contributed by atoms with van der Waals surface area (Å²) < 4.78 is 4.60. The Balaban J connectivity index is 0.00000104. The van der Waals surface area contributed by atoms with Crippen LogP contribution in [0.1, 0.15) is 35.1 Å². The van der Waals surface area contributed by atoms with Crippen molar-refractivity contribution >= 4 is 11.8 Å². The maximum Gasteiger partial charge on any atom is -1.00 e. The van der Waals surface area contributed by atoms with E-state index in [1.165, 1.54) is 28.8 Å². The van der Waals surface area contributed by atoms with Crippen molar-refractivity contribution in [2.24, 2.45) is 0 Å². The summed E-state index contributed by atoms with van der Waals surface area (Å²) in [5.41, 5.74) is 7.40. The molecular formula is C19H18Cl2HfN2. The summed E-state index contributed by atoms with van der Waals surface area (Å²) in [5, 5.41) is 0. The Kier molecular flexibility index (Phi) is 6.46. The molecule has 0 amide bonds. The smallest absolute Gasteiger partial charge is 1.00 e. The van der Waals surface area contributed by atoms with E-state index in [9.17, 15) is 0 Å². The Bertz CT molecular complexity index is 820. The minimum Gasteiger partial charge on any atom is -1.00 e. The summed E-state index contributed by atoms with van der Waals surface area (Å²) in [6.07, 6.45) is 11.8. The van der Waals surface area contributed by atoms with E-state index in [2.05, 4.69) is 66.0 Å². The van der Waals surface area contributed by atoms with E-state index in [-0.39, 0.29) is 24.8 Å². The standard InChI is InChI=1S/C12H9N2.C7H9.2ClH.Hf/c1-2-4-11-8-12(7-10(11)3-1)14-6-5-13-9-14;1-6-4-3-5-7(6)2;;;/h1-9H;4H,3H2,1-2H3;2*1H;/q;;;;+2/p-2. The Labute approximate surface area is 166 Å². The van der Waals surface area contributed by atoms with Crippen molar-refractivity contribution in [3.05, 3.63) is 74.7 Å². The number of hydrogen-bond acceptors (Lipinski definition) is 1. The van der Waals surface area contributed by atoms with E-state index >= 15 is 0 Å². The van der Waals surface area contributed by atoms with Crippen LogP contribution >= 0.6 is 0 Å².